The van der Waals surface area contributed by atoms with Gasteiger partial charge < -0.3 is 4.43 Å². The number of hydrogen-bond donors (Lipinski definition) is 0. The van der Waals surface area contributed by atoms with Crippen LogP contribution >= 0.6 is 0 Å². The van der Waals surface area contributed by atoms with Crippen LogP contribution in [-0.4, -0.2) is 42.8 Å². The summed E-state index contributed by atoms with van der Waals surface area (Å²) in [6.45, 7) is 18.6. The molecule has 5 nitrogen and oxygen atoms in total. The van der Waals surface area contributed by atoms with Gasteiger partial charge in [0, 0.05) is 16.9 Å². The first kappa shape index (κ1) is 28.0. The number of hydrogen-bond acceptors (Lipinski definition) is 4. The molecule has 1 aliphatic carbocycles. The first-order chi connectivity index (χ1) is 17.3. The van der Waals surface area contributed by atoms with Crippen molar-refractivity contribution in [2.24, 2.45) is 23.2 Å². The zero-order chi connectivity index (χ0) is 27.2. The van der Waals surface area contributed by atoms with Gasteiger partial charge in [0.15, 0.2) is 8.32 Å². The topological polar surface area (TPSA) is 55.6 Å². The molecule has 1 saturated heterocycles. The van der Waals surface area contributed by atoms with Gasteiger partial charge in [-0.15, -0.1) is 0 Å². The third-order valence-corrected chi connectivity index (χ3v) is 9.49. The highest BCUT2D eigenvalue weighted by atomic mass is 28.4. The van der Waals surface area contributed by atoms with E-state index in [0.29, 0.717) is 5.92 Å². The molecule has 0 N–H and O–H groups in total. The van der Waals surface area contributed by atoms with E-state index in [1.165, 1.54) is 0 Å². The van der Waals surface area contributed by atoms with E-state index in [4.69, 9.17) is 4.43 Å². The first-order valence-corrected chi connectivity index (χ1v) is 17.4. The van der Waals surface area contributed by atoms with E-state index >= 15 is 0 Å². The van der Waals surface area contributed by atoms with Crippen LogP contribution in [0.4, 0.5) is 0 Å². The smallest absolute Gasteiger partial charge is 0.232 e. The molecule has 1 unspecified atom stereocenters. The van der Waals surface area contributed by atoms with Crippen molar-refractivity contribution < 1.29 is 9.35 Å². The van der Waals surface area contributed by atoms with E-state index in [1.54, 1.807) is 0 Å². The summed E-state index contributed by atoms with van der Waals surface area (Å²) < 4.78 is 7.34. The monoisotopic (exact) mass is 522 g/mol. The van der Waals surface area contributed by atoms with Crippen LogP contribution in [0.15, 0.2) is 60.7 Å². The molecule has 0 spiro atoms. The number of nitro groups is 1. The van der Waals surface area contributed by atoms with Gasteiger partial charge in [-0.1, -0.05) is 95.3 Å². The zero-order valence-corrected chi connectivity index (χ0v) is 25.0. The maximum Gasteiger partial charge on any atom is 0.232 e. The summed E-state index contributed by atoms with van der Waals surface area (Å²) in [4.78, 5) is 15.2. The van der Waals surface area contributed by atoms with Crippen LogP contribution in [0, 0.1) is 33.3 Å². The molecule has 2 fully saturated rings. The molecule has 0 radical (unpaired) electrons. The standard InChI is InChI=1S/C31H46N2O3Si/c1-22(2)26-27(30(3,4)5)29(33(34)35)28(26)32-21-15-20-25(32)31(36-37(6,7)8,23-16-11-9-12-17-23)24-18-13-10-14-19-24/h9-14,16-19,22,25-29H,15,20-21H2,1-8H3/t25-,26+,27+,28?,29-/m0/s1. The van der Waals surface area contributed by atoms with Gasteiger partial charge in [-0.2, -0.15) is 0 Å². The van der Waals surface area contributed by atoms with Gasteiger partial charge in [-0.05, 0) is 67.4 Å². The summed E-state index contributed by atoms with van der Waals surface area (Å²) in [5.74, 6) is 0.689. The Balaban J connectivity index is 1.91. The Hall–Kier alpha value is -2.02. The van der Waals surface area contributed by atoms with Crippen molar-refractivity contribution in [2.75, 3.05) is 6.54 Å². The molecule has 202 valence electrons. The maximum absolute atomic E-state index is 12.7. The van der Waals surface area contributed by atoms with E-state index in [2.05, 4.69) is 120 Å². The fourth-order valence-electron chi connectivity index (χ4n) is 7.48. The van der Waals surface area contributed by atoms with Crippen molar-refractivity contribution in [2.45, 2.75) is 90.8 Å². The number of benzene rings is 2. The van der Waals surface area contributed by atoms with Crippen LogP contribution in [-0.2, 0) is 10.0 Å². The molecule has 5 atom stereocenters. The van der Waals surface area contributed by atoms with Crippen molar-refractivity contribution in [1.82, 2.24) is 4.90 Å². The molecule has 0 amide bonds. The summed E-state index contributed by atoms with van der Waals surface area (Å²) in [7, 11) is -2.06. The van der Waals surface area contributed by atoms with E-state index in [0.717, 1.165) is 30.5 Å². The lowest BCUT2D eigenvalue weighted by Crippen LogP contribution is -2.72. The van der Waals surface area contributed by atoms with Crippen LogP contribution < -0.4 is 0 Å². The lowest BCUT2D eigenvalue weighted by Gasteiger charge is -2.59. The van der Waals surface area contributed by atoms with Crippen LogP contribution in [0.5, 0.6) is 0 Å². The third-order valence-electron chi connectivity index (χ3n) is 8.56. The summed E-state index contributed by atoms with van der Waals surface area (Å²) in [6.07, 6.45) is 1.98. The quantitative estimate of drug-likeness (QED) is 0.209. The molecular weight excluding hydrogens is 476 g/mol. The fourth-order valence-corrected chi connectivity index (χ4v) is 8.82. The minimum absolute atomic E-state index is 0.0265. The van der Waals surface area contributed by atoms with Crippen molar-refractivity contribution in [3.8, 4) is 0 Å². The van der Waals surface area contributed by atoms with E-state index in [9.17, 15) is 10.1 Å². The second-order valence-corrected chi connectivity index (χ2v) is 18.0. The van der Waals surface area contributed by atoms with E-state index < -0.39 is 20.0 Å². The van der Waals surface area contributed by atoms with Gasteiger partial charge in [-0.25, -0.2) is 0 Å². The molecule has 0 aromatic heterocycles. The second kappa shape index (κ2) is 10.3. The molecule has 2 aromatic rings. The number of nitrogens with zero attached hydrogens (tertiary/aromatic N) is 2. The van der Waals surface area contributed by atoms with E-state index in [1.807, 2.05) is 0 Å². The molecule has 2 aliphatic rings. The number of likely N-dealkylation sites (tertiary alicyclic amines) is 1. The largest absolute Gasteiger partial charge is 0.403 e. The van der Waals surface area contributed by atoms with Crippen molar-refractivity contribution >= 4 is 8.32 Å². The lowest BCUT2D eigenvalue weighted by atomic mass is 9.52. The molecule has 1 aliphatic heterocycles. The predicted octanol–water partition coefficient (Wildman–Crippen LogP) is 7.21. The molecule has 4 rings (SSSR count). The molecule has 0 bridgehead atoms. The minimum Gasteiger partial charge on any atom is -0.403 e. The Morgan fingerprint density at radius 1 is 0.973 bits per heavy atom. The van der Waals surface area contributed by atoms with Gasteiger partial charge in [0.1, 0.15) is 5.60 Å². The predicted molar refractivity (Wildman–Crippen MR) is 154 cm³/mol. The Bertz CT molecular complexity index is 1020. The Labute approximate surface area is 224 Å². The Morgan fingerprint density at radius 2 is 1.49 bits per heavy atom. The summed E-state index contributed by atoms with van der Waals surface area (Å²) >= 11 is 0. The summed E-state index contributed by atoms with van der Waals surface area (Å²) in [5.41, 5.74) is 1.49. The zero-order valence-electron chi connectivity index (χ0n) is 24.0. The molecule has 1 saturated carbocycles. The molecule has 6 heteroatoms. The average molecular weight is 523 g/mol. The van der Waals surface area contributed by atoms with Crippen LogP contribution in [0.3, 0.4) is 0 Å². The lowest BCUT2D eigenvalue weighted by molar-refractivity contribution is -0.571. The summed E-state index contributed by atoms with van der Waals surface area (Å²) in [5, 5.41) is 12.7. The second-order valence-electron chi connectivity index (χ2n) is 13.6. The molecular formula is C31H46N2O3Si. The first-order valence-electron chi connectivity index (χ1n) is 14.0. The van der Waals surface area contributed by atoms with Crippen molar-refractivity contribution in [1.29, 1.82) is 0 Å². The van der Waals surface area contributed by atoms with Gasteiger partial charge >= 0.3 is 0 Å². The average Bonchev–Trinajstić information content (AvgIpc) is 3.25. The van der Waals surface area contributed by atoms with Gasteiger partial charge in [0.05, 0.1) is 6.04 Å². The highest BCUT2D eigenvalue weighted by Gasteiger charge is 2.67. The minimum atomic E-state index is -2.06. The van der Waals surface area contributed by atoms with Crippen LogP contribution in [0.1, 0.15) is 58.6 Å². The van der Waals surface area contributed by atoms with Crippen molar-refractivity contribution in [3.63, 3.8) is 0 Å². The summed E-state index contributed by atoms with van der Waals surface area (Å²) in [6, 6.07) is 20.6. The SMILES string of the molecule is CC(C)[C@H]1C(N2CCC[C@H]2C(O[Si](C)(C)C)(c2ccccc2)c2ccccc2)[C@@H]([N+](=O)[O-])[C@@H]1C(C)(C)C. The fraction of sp³-hybridized carbons (Fsp3) is 0.613. The van der Waals surface area contributed by atoms with Gasteiger partial charge in [0.25, 0.3) is 0 Å². The van der Waals surface area contributed by atoms with E-state index in [-0.39, 0.29) is 34.3 Å². The van der Waals surface area contributed by atoms with Gasteiger partial charge in [-0.3, -0.25) is 15.0 Å². The molecule has 37 heavy (non-hydrogen) atoms. The molecule has 2 aromatic carbocycles. The molecule has 1 heterocycles. The number of rotatable bonds is 8. The van der Waals surface area contributed by atoms with Crippen molar-refractivity contribution in [3.05, 3.63) is 81.9 Å². The van der Waals surface area contributed by atoms with Crippen LogP contribution in [0.2, 0.25) is 19.6 Å². The van der Waals surface area contributed by atoms with Gasteiger partial charge in [0.2, 0.25) is 6.04 Å². The highest BCUT2D eigenvalue weighted by molar-refractivity contribution is 6.69. The Kier molecular flexibility index (Phi) is 7.77. The Morgan fingerprint density at radius 3 is 1.89 bits per heavy atom. The highest BCUT2D eigenvalue weighted by Crippen LogP contribution is 2.56. The normalized spacial score (nSPS) is 27.3. The third kappa shape index (κ3) is 5.17. The maximum atomic E-state index is 12.7. The van der Waals surface area contributed by atoms with Crippen LogP contribution in [0.25, 0.3) is 0 Å².